The van der Waals surface area contributed by atoms with E-state index in [2.05, 4.69) is 6.07 Å². The number of carbonyl (C=O) groups excluding carboxylic acids is 1. The van der Waals surface area contributed by atoms with Gasteiger partial charge in [0.15, 0.2) is 0 Å². The predicted octanol–water partition coefficient (Wildman–Crippen LogP) is 2.34. The van der Waals surface area contributed by atoms with E-state index in [1.54, 1.807) is 6.92 Å². The molecule has 0 aliphatic rings. The zero-order valence-electron chi connectivity index (χ0n) is 8.14. The third kappa shape index (κ3) is 3.19. The molecule has 1 aromatic rings. The van der Waals surface area contributed by atoms with Crippen molar-refractivity contribution in [2.45, 2.75) is 20.8 Å². The van der Waals surface area contributed by atoms with Crippen molar-refractivity contribution in [2.24, 2.45) is 0 Å². The third-order valence-corrected chi connectivity index (χ3v) is 1.86. The van der Waals surface area contributed by atoms with Gasteiger partial charge in [-0.3, -0.25) is 0 Å². The van der Waals surface area contributed by atoms with Gasteiger partial charge in [0.25, 0.3) is 0 Å². The first-order chi connectivity index (χ1) is 5.65. The monoisotopic (exact) mass is 248 g/mol. The second-order valence-corrected chi connectivity index (χ2v) is 2.94. The molecule has 2 heteroatoms. The Morgan fingerprint density at radius 1 is 1.46 bits per heavy atom. The topological polar surface area (TPSA) is 17.1 Å². The minimum Gasteiger partial charge on any atom is -0.233 e. The van der Waals surface area contributed by atoms with Crippen molar-refractivity contribution in [3.63, 3.8) is 0 Å². The normalized spacial score (nSPS) is 8.54. The number of rotatable bonds is 1. The summed E-state index contributed by atoms with van der Waals surface area (Å²) < 4.78 is 0. The van der Waals surface area contributed by atoms with Gasteiger partial charge in [0, 0.05) is 38.3 Å². The molecule has 1 aromatic carbocycles. The fourth-order valence-electron chi connectivity index (χ4n) is 1.13. The van der Waals surface area contributed by atoms with Crippen LogP contribution in [0.5, 0.6) is 0 Å². The minimum atomic E-state index is 0. The Morgan fingerprint density at radius 3 is 2.62 bits per heavy atom. The molecule has 0 fully saturated rings. The molecule has 0 aromatic heterocycles. The van der Waals surface area contributed by atoms with E-state index >= 15 is 0 Å². The van der Waals surface area contributed by atoms with Gasteiger partial charge in [0.1, 0.15) is 5.94 Å². The molecule has 1 radical (unpaired) electrons. The van der Waals surface area contributed by atoms with Gasteiger partial charge in [-0.15, -0.1) is 5.56 Å². The molecule has 0 bridgehead atoms. The standard InChI is InChI=1S/C11H11O.Y/c1-8-4-5-9(2)11(6-8)10(3)7-12;/h5-6H,1-3H3;/q-1;. The fourth-order valence-corrected chi connectivity index (χ4v) is 1.13. The smallest absolute Gasteiger partial charge is 0.126 e. The van der Waals surface area contributed by atoms with Crippen molar-refractivity contribution in [1.29, 1.82) is 0 Å². The van der Waals surface area contributed by atoms with E-state index < -0.39 is 0 Å². The second kappa shape index (κ2) is 5.49. The van der Waals surface area contributed by atoms with Gasteiger partial charge >= 0.3 is 0 Å². The van der Waals surface area contributed by atoms with Gasteiger partial charge < -0.3 is 0 Å². The average Bonchev–Trinajstić information content (AvgIpc) is 2.08. The van der Waals surface area contributed by atoms with Crippen LogP contribution in [0.3, 0.4) is 0 Å². The van der Waals surface area contributed by atoms with Gasteiger partial charge in [0.05, 0.1) is 0 Å². The minimum absolute atomic E-state index is 0. The zero-order chi connectivity index (χ0) is 9.14. The van der Waals surface area contributed by atoms with Crippen molar-refractivity contribution in [2.75, 3.05) is 0 Å². The molecule has 0 heterocycles. The molecule has 0 unspecified atom stereocenters. The van der Waals surface area contributed by atoms with Crippen LogP contribution < -0.4 is 0 Å². The summed E-state index contributed by atoms with van der Waals surface area (Å²) >= 11 is 0. The molecule has 1 rings (SSSR count). The maximum atomic E-state index is 10.4. The van der Waals surface area contributed by atoms with E-state index in [1.807, 2.05) is 31.9 Å². The molecule has 0 spiro atoms. The van der Waals surface area contributed by atoms with E-state index in [0.29, 0.717) is 5.57 Å². The van der Waals surface area contributed by atoms with Crippen LogP contribution in [0.2, 0.25) is 0 Å². The second-order valence-electron chi connectivity index (χ2n) is 2.94. The number of hydrogen-bond donors (Lipinski definition) is 0. The van der Waals surface area contributed by atoms with E-state index in [9.17, 15) is 4.79 Å². The van der Waals surface area contributed by atoms with E-state index in [0.717, 1.165) is 16.7 Å². The van der Waals surface area contributed by atoms with Crippen molar-refractivity contribution >= 4 is 11.5 Å². The first-order valence-electron chi connectivity index (χ1n) is 3.86. The predicted molar refractivity (Wildman–Crippen MR) is 49.5 cm³/mol. The molecule has 0 saturated carbocycles. The Balaban J connectivity index is 0.00000144. The number of aryl methyl sites for hydroxylation is 2. The maximum absolute atomic E-state index is 10.4. The quantitative estimate of drug-likeness (QED) is 0.550. The molecule has 0 atom stereocenters. The van der Waals surface area contributed by atoms with E-state index in [-0.39, 0.29) is 32.7 Å². The summed E-state index contributed by atoms with van der Waals surface area (Å²) in [6.07, 6.45) is 0. The van der Waals surface area contributed by atoms with Gasteiger partial charge in [0.2, 0.25) is 0 Å². The molecule has 1 nitrogen and oxygen atoms in total. The van der Waals surface area contributed by atoms with Gasteiger partial charge in [-0.05, 0) is 6.92 Å². The molecule has 0 aliphatic heterocycles. The van der Waals surface area contributed by atoms with Gasteiger partial charge in [-0.2, -0.15) is 29.3 Å². The maximum Gasteiger partial charge on any atom is 0.126 e. The van der Waals surface area contributed by atoms with E-state index in [1.165, 1.54) is 0 Å². The molecular weight excluding hydrogens is 237 g/mol. The first kappa shape index (κ1) is 12.8. The van der Waals surface area contributed by atoms with Crippen LogP contribution in [0.1, 0.15) is 23.6 Å². The molecular formula is C11H11OY-. The molecule has 0 aliphatic carbocycles. The van der Waals surface area contributed by atoms with Crippen LogP contribution in [0.25, 0.3) is 5.57 Å². The van der Waals surface area contributed by atoms with Crippen molar-refractivity contribution < 1.29 is 37.5 Å². The Kier molecular flexibility index (Phi) is 5.40. The number of benzene rings is 1. The van der Waals surface area contributed by atoms with Crippen LogP contribution in [0.15, 0.2) is 12.1 Å². The molecule has 65 valence electrons. The number of hydrogen-bond acceptors (Lipinski definition) is 1. The fraction of sp³-hybridized carbons (Fsp3) is 0.273. The van der Waals surface area contributed by atoms with Crippen molar-refractivity contribution in [1.82, 2.24) is 0 Å². The summed E-state index contributed by atoms with van der Waals surface area (Å²) in [7, 11) is 0. The van der Waals surface area contributed by atoms with Gasteiger partial charge in [-0.25, -0.2) is 4.79 Å². The Hall–Kier alpha value is -0.226. The molecule has 13 heavy (non-hydrogen) atoms. The summed E-state index contributed by atoms with van der Waals surface area (Å²) in [6.45, 7) is 5.70. The van der Waals surface area contributed by atoms with Crippen LogP contribution in [0.4, 0.5) is 0 Å². The molecule has 0 N–H and O–H groups in total. The van der Waals surface area contributed by atoms with Crippen LogP contribution >= 0.6 is 0 Å². The summed E-state index contributed by atoms with van der Waals surface area (Å²) in [6, 6.07) is 6.92. The third-order valence-electron chi connectivity index (χ3n) is 1.86. The van der Waals surface area contributed by atoms with E-state index in [4.69, 9.17) is 0 Å². The van der Waals surface area contributed by atoms with Crippen LogP contribution in [-0.2, 0) is 37.5 Å². The Bertz CT molecular complexity index is 349. The SMILES string of the molecule is CC(=C=O)c1cc(C)[c-]cc1C.[Y]. The van der Waals surface area contributed by atoms with Crippen molar-refractivity contribution in [3.05, 3.63) is 34.9 Å². The molecule has 0 amide bonds. The Labute approximate surface area is 104 Å². The number of allylic oxidation sites excluding steroid dienone is 1. The summed E-state index contributed by atoms with van der Waals surface area (Å²) in [4.78, 5) is 10.4. The van der Waals surface area contributed by atoms with Crippen molar-refractivity contribution in [3.8, 4) is 0 Å². The van der Waals surface area contributed by atoms with Gasteiger partial charge in [-0.1, -0.05) is 13.8 Å². The largest absolute Gasteiger partial charge is 0.233 e. The summed E-state index contributed by atoms with van der Waals surface area (Å²) in [5.41, 5.74) is 3.75. The van der Waals surface area contributed by atoms with Crippen LogP contribution in [-0.4, -0.2) is 5.94 Å². The Morgan fingerprint density at radius 2 is 2.08 bits per heavy atom. The first-order valence-corrected chi connectivity index (χ1v) is 3.86. The average molecular weight is 248 g/mol. The summed E-state index contributed by atoms with van der Waals surface area (Å²) in [5.74, 6) is 1.90. The molecule has 0 saturated heterocycles. The zero-order valence-corrected chi connectivity index (χ0v) is 11.0. The summed E-state index contributed by atoms with van der Waals surface area (Å²) in [5, 5.41) is 0. The van der Waals surface area contributed by atoms with Crippen LogP contribution in [0, 0.1) is 19.9 Å².